The van der Waals surface area contributed by atoms with Crippen molar-refractivity contribution in [1.29, 1.82) is 0 Å². The molecule has 0 saturated carbocycles. The van der Waals surface area contributed by atoms with Gasteiger partial charge < -0.3 is 10.4 Å². The lowest BCUT2D eigenvalue weighted by Gasteiger charge is -2.40. The number of halogens is 1. The van der Waals surface area contributed by atoms with E-state index in [1.54, 1.807) is 18.3 Å². The molecule has 1 aliphatic heterocycles. The average Bonchev–Trinajstić information content (AvgIpc) is 3.07. The van der Waals surface area contributed by atoms with Gasteiger partial charge in [-0.05, 0) is 48.9 Å². The monoisotopic (exact) mass is 447 g/mol. The molecule has 4 rings (SSSR count). The number of piperazine rings is 1. The van der Waals surface area contributed by atoms with Crippen molar-refractivity contribution in [2.24, 2.45) is 0 Å². The van der Waals surface area contributed by atoms with Gasteiger partial charge in [-0.3, -0.25) is 14.6 Å². The average molecular weight is 448 g/mol. The summed E-state index contributed by atoms with van der Waals surface area (Å²) in [5.74, 6) is -0.0209. The molecule has 5 nitrogen and oxygen atoms in total. The molecule has 2 aromatic rings. The molecule has 1 fully saturated rings. The molecule has 7 heteroatoms. The first-order chi connectivity index (χ1) is 14.6. The largest absolute Gasteiger partial charge is 0.395 e. The van der Waals surface area contributed by atoms with E-state index in [9.17, 15) is 9.90 Å². The van der Waals surface area contributed by atoms with Gasteiger partial charge in [-0.1, -0.05) is 23.7 Å². The van der Waals surface area contributed by atoms with Crippen LogP contribution in [0.3, 0.4) is 0 Å². The lowest BCUT2D eigenvalue weighted by molar-refractivity contribution is -0.114. The smallest absolute Gasteiger partial charge is 0.221 e. The van der Waals surface area contributed by atoms with Gasteiger partial charge in [0.1, 0.15) is 5.00 Å². The Labute approximate surface area is 187 Å². The Morgan fingerprint density at radius 3 is 2.70 bits per heavy atom. The summed E-state index contributed by atoms with van der Waals surface area (Å²) in [7, 11) is 0. The number of amides is 1. The van der Waals surface area contributed by atoms with Gasteiger partial charge in [0.05, 0.1) is 12.6 Å². The maximum Gasteiger partial charge on any atom is 0.221 e. The molecule has 1 saturated heterocycles. The van der Waals surface area contributed by atoms with Gasteiger partial charge in [-0.25, -0.2) is 0 Å². The fourth-order valence-electron chi connectivity index (χ4n) is 4.76. The highest BCUT2D eigenvalue weighted by Crippen LogP contribution is 2.45. The summed E-state index contributed by atoms with van der Waals surface area (Å²) < 4.78 is 0. The minimum Gasteiger partial charge on any atom is -0.395 e. The molecule has 162 valence electrons. The Bertz CT molecular complexity index is 893. The van der Waals surface area contributed by atoms with Crippen LogP contribution in [0, 0.1) is 0 Å². The molecular formula is C23H30ClN3O2S. The summed E-state index contributed by atoms with van der Waals surface area (Å²) in [6, 6.07) is 8.22. The molecular weight excluding hydrogens is 418 g/mol. The highest BCUT2D eigenvalue weighted by Gasteiger charge is 2.33. The fourth-order valence-corrected chi connectivity index (χ4v) is 6.32. The van der Waals surface area contributed by atoms with Crippen LogP contribution in [-0.2, 0) is 17.6 Å². The van der Waals surface area contributed by atoms with E-state index in [2.05, 4.69) is 27.2 Å². The summed E-state index contributed by atoms with van der Waals surface area (Å²) >= 11 is 8.15. The number of rotatable bonds is 6. The summed E-state index contributed by atoms with van der Waals surface area (Å²) in [5, 5.41) is 14.2. The molecule has 1 unspecified atom stereocenters. The van der Waals surface area contributed by atoms with Crippen LogP contribution >= 0.6 is 22.9 Å². The van der Waals surface area contributed by atoms with Crippen LogP contribution in [0.2, 0.25) is 5.02 Å². The molecule has 0 bridgehead atoms. The van der Waals surface area contributed by atoms with E-state index in [-0.39, 0.29) is 18.6 Å². The fraction of sp³-hybridized carbons (Fsp3) is 0.522. The SMILES string of the molecule is CC(=O)Nc1sc2c(c1C(c1cccc(Cl)c1)N1CCN(CCO)CC1)CCCC2. The Balaban J connectivity index is 1.77. The topological polar surface area (TPSA) is 55.8 Å². The summed E-state index contributed by atoms with van der Waals surface area (Å²) in [6.45, 7) is 6.20. The molecule has 1 aliphatic carbocycles. The van der Waals surface area contributed by atoms with Crippen molar-refractivity contribution in [1.82, 2.24) is 9.80 Å². The highest BCUT2D eigenvalue weighted by molar-refractivity contribution is 7.16. The lowest BCUT2D eigenvalue weighted by atomic mass is 9.88. The normalized spacial score (nSPS) is 18.8. The lowest BCUT2D eigenvalue weighted by Crippen LogP contribution is -2.48. The molecule has 1 aromatic carbocycles. The van der Waals surface area contributed by atoms with Crippen LogP contribution in [0.1, 0.15) is 47.4 Å². The number of carbonyl (C=O) groups excluding carboxylic acids is 1. The molecule has 30 heavy (non-hydrogen) atoms. The van der Waals surface area contributed by atoms with E-state index in [1.165, 1.54) is 34.4 Å². The van der Waals surface area contributed by atoms with E-state index < -0.39 is 0 Å². The molecule has 2 N–H and O–H groups in total. The molecule has 1 atom stereocenters. The Morgan fingerprint density at radius 1 is 1.23 bits per heavy atom. The number of fused-ring (bicyclic) bond motifs is 1. The van der Waals surface area contributed by atoms with Crippen molar-refractivity contribution in [2.45, 2.75) is 38.6 Å². The zero-order valence-electron chi connectivity index (χ0n) is 17.5. The predicted octanol–water partition coefficient (Wildman–Crippen LogP) is 3.94. The number of nitrogens with zero attached hydrogens (tertiary/aromatic N) is 2. The molecule has 1 aromatic heterocycles. The van der Waals surface area contributed by atoms with Crippen molar-refractivity contribution in [3.63, 3.8) is 0 Å². The third kappa shape index (κ3) is 4.73. The second-order valence-electron chi connectivity index (χ2n) is 8.19. The number of carbonyl (C=O) groups is 1. The first kappa shape index (κ1) is 21.8. The number of nitrogens with one attached hydrogen (secondary N) is 1. The van der Waals surface area contributed by atoms with Crippen molar-refractivity contribution in [3.8, 4) is 0 Å². The van der Waals surface area contributed by atoms with Crippen LogP contribution in [0.5, 0.6) is 0 Å². The van der Waals surface area contributed by atoms with Gasteiger partial charge in [-0.2, -0.15) is 0 Å². The minimum atomic E-state index is -0.0209. The van der Waals surface area contributed by atoms with E-state index >= 15 is 0 Å². The zero-order valence-corrected chi connectivity index (χ0v) is 19.1. The van der Waals surface area contributed by atoms with Crippen LogP contribution < -0.4 is 5.32 Å². The number of benzene rings is 1. The van der Waals surface area contributed by atoms with Gasteiger partial charge in [0.15, 0.2) is 0 Å². The number of anilines is 1. The van der Waals surface area contributed by atoms with Crippen molar-refractivity contribution < 1.29 is 9.90 Å². The first-order valence-electron chi connectivity index (χ1n) is 10.8. The Hall–Kier alpha value is -1.44. The van der Waals surface area contributed by atoms with Gasteiger partial charge in [0.2, 0.25) is 5.91 Å². The van der Waals surface area contributed by atoms with Crippen LogP contribution in [0.4, 0.5) is 5.00 Å². The van der Waals surface area contributed by atoms with E-state index in [4.69, 9.17) is 11.6 Å². The van der Waals surface area contributed by atoms with Crippen LogP contribution in [-0.4, -0.2) is 60.1 Å². The Kier molecular flexibility index (Phi) is 7.11. The summed E-state index contributed by atoms with van der Waals surface area (Å²) in [4.78, 5) is 18.3. The van der Waals surface area contributed by atoms with E-state index in [0.717, 1.165) is 55.6 Å². The van der Waals surface area contributed by atoms with Crippen molar-refractivity contribution >= 4 is 33.8 Å². The van der Waals surface area contributed by atoms with Crippen LogP contribution in [0.15, 0.2) is 24.3 Å². The van der Waals surface area contributed by atoms with Crippen molar-refractivity contribution in [2.75, 3.05) is 44.6 Å². The molecule has 0 spiro atoms. The van der Waals surface area contributed by atoms with Gasteiger partial charge in [-0.15, -0.1) is 11.3 Å². The quantitative estimate of drug-likeness (QED) is 0.704. The second kappa shape index (κ2) is 9.79. The number of β-amino-alcohol motifs (C(OH)–C–C–N with tert-alkyl or cyclic N) is 1. The van der Waals surface area contributed by atoms with Gasteiger partial charge >= 0.3 is 0 Å². The zero-order chi connectivity index (χ0) is 21.1. The second-order valence-corrected chi connectivity index (χ2v) is 9.74. The molecule has 2 aliphatic rings. The van der Waals surface area contributed by atoms with E-state index in [0.29, 0.717) is 0 Å². The molecule has 0 radical (unpaired) electrons. The third-order valence-corrected chi connectivity index (χ3v) is 7.59. The summed E-state index contributed by atoms with van der Waals surface area (Å²) in [5.41, 5.74) is 3.87. The molecule has 2 heterocycles. The van der Waals surface area contributed by atoms with Gasteiger partial charge in [0, 0.05) is 55.1 Å². The van der Waals surface area contributed by atoms with Crippen LogP contribution in [0.25, 0.3) is 0 Å². The standard InChI is InChI=1S/C23H30ClN3O2S/c1-16(29)25-23-21(19-7-2-3-8-20(19)30-23)22(17-5-4-6-18(24)15-17)27-11-9-26(10-12-27)13-14-28/h4-6,15,22,28H,2-3,7-14H2,1H3,(H,25,29). The van der Waals surface area contributed by atoms with E-state index in [1.807, 2.05) is 12.1 Å². The minimum absolute atomic E-state index is 0.0209. The number of hydrogen-bond acceptors (Lipinski definition) is 5. The summed E-state index contributed by atoms with van der Waals surface area (Å²) in [6.07, 6.45) is 4.58. The third-order valence-electron chi connectivity index (χ3n) is 6.13. The maximum absolute atomic E-state index is 12.0. The Morgan fingerprint density at radius 2 is 2.00 bits per heavy atom. The number of aliphatic hydroxyl groups is 1. The predicted molar refractivity (Wildman–Crippen MR) is 124 cm³/mol. The number of hydrogen-bond donors (Lipinski definition) is 2. The number of aryl methyl sites for hydroxylation is 1. The first-order valence-corrected chi connectivity index (χ1v) is 12.0. The number of aliphatic hydroxyl groups excluding tert-OH is 1. The number of thiophene rings is 1. The highest BCUT2D eigenvalue weighted by atomic mass is 35.5. The molecule has 1 amide bonds. The van der Waals surface area contributed by atoms with Crippen molar-refractivity contribution in [3.05, 3.63) is 50.9 Å². The van der Waals surface area contributed by atoms with Gasteiger partial charge in [0.25, 0.3) is 0 Å². The maximum atomic E-state index is 12.0.